The van der Waals surface area contributed by atoms with Gasteiger partial charge in [-0.2, -0.15) is 5.26 Å². The maximum Gasteiger partial charge on any atom is 0.407 e. The average molecular weight is 419 g/mol. The van der Waals surface area contributed by atoms with E-state index in [1.807, 2.05) is 13.0 Å². The van der Waals surface area contributed by atoms with E-state index in [1.54, 1.807) is 57.2 Å². The van der Waals surface area contributed by atoms with E-state index in [0.29, 0.717) is 23.1 Å². The molecular weight excluding hydrogens is 394 g/mol. The number of aryl methyl sites for hydroxylation is 1. The van der Waals surface area contributed by atoms with Crippen LogP contribution in [0.1, 0.15) is 58.2 Å². The molecule has 31 heavy (non-hydrogen) atoms. The Bertz CT molecular complexity index is 1040. The lowest BCUT2D eigenvalue weighted by Crippen LogP contribution is -2.48. The minimum atomic E-state index is -0.685. The molecule has 0 saturated heterocycles. The highest BCUT2D eigenvalue weighted by Gasteiger charge is 2.37. The van der Waals surface area contributed by atoms with Gasteiger partial charge < -0.3 is 10.1 Å². The predicted octanol–water partition coefficient (Wildman–Crippen LogP) is 3.60. The summed E-state index contributed by atoms with van der Waals surface area (Å²) in [7, 11) is 0. The lowest BCUT2D eigenvalue weighted by Gasteiger charge is -2.26. The van der Waals surface area contributed by atoms with Crippen molar-refractivity contribution in [1.82, 2.24) is 10.2 Å². The van der Waals surface area contributed by atoms with Gasteiger partial charge in [0.05, 0.1) is 35.3 Å². The van der Waals surface area contributed by atoms with Gasteiger partial charge in [-0.15, -0.1) is 0 Å². The Balaban J connectivity index is 1.83. The maximum absolute atomic E-state index is 12.8. The molecule has 1 atom stereocenters. The molecule has 0 unspecified atom stereocenters. The SMILES string of the molecule is Cc1cc(C[C@H](CN2C(=O)c3ccccc3C2=O)NC(=O)OC(C)(C)C)ccc1C#N. The van der Waals surface area contributed by atoms with Gasteiger partial charge in [0, 0.05) is 0 Å². The van der Waals surface area contributed by atoms with Gasteiger partial charge in [0.15, 0.2) is 0 Å². The van der Waals surface area contributed by atoms with Gasteiger partial charge in [0.2, 0.25) is 0 Å². The zero-order valence-corrected chi connectivity index (χ0v) is 18.1. The van der Waals surface area contributed by atoms with Gasteiger partial charge in [0.1, 0.15) is 5.60 Å². The number of carbonyl (C=O) groups excluding carboxylic acids is 3. The lowest BCUT2D eigenvalue weighted by atomic mass is 10.0. The van der Waals surface area contributed by atoms with Gasteiger partial charge in [-0.1, -0.05) is 24.3 Å². The van der Waals surface area contributed by atoms with Crippen molar-refractivity contribution in [1.29, 1.82) is 5.26 Å². The van der Waals surface area contributed by atoms with Crippen LogP contribution in [-0.4, -0.2) is 41.0 Å². The van der Waals surface area contributed by atoms with E-state index in [1.165, 1.54) is 0 Å². The van der Waals surface area contributed by atoms with Crippen molar-refractivity contribution in [2.45, 2.75) is 45.8 Å². The minimum Gasteiger partial charge on any atom is -0.444 e. The molecular formula is C24H25N3O4. The smallest absolute Gasteiger partial charge is 0.407 e. The van der Waals surface area contributed by atoms with Crippen molar-refractivity contribution in [3.63, 3.8) is 0 Å². The van der Waals surface area contributed by atoms with Crippen molar-refractivity contribution >= 4 is 17.9 Å². The number of rotatable bonds is 5. The van der Waals surface area contributed by atoms with Crippen LogP contribution >= 0.6 is 0 Å². The molecule has 1 N–H and O–H groups in total. The summed E-state index contributed by atoms with van der Waals surface area (Å²) in [6.45, 7) is 7.12. The third-order valence-electron chi connectivity index (χ3n) is 4.90. The van der Waals surface area contributed by atoms with Crippen molar-refractivity contribution in [2.75, 3.05) is 6.54 Å². The molecule has 0 aliphatic carbocycles. The van der Waals surface area contributed by atoms with Crippen molar-refractivity contribution in [3.05, 3.63) is 70.3 Å². The molecule has 0 radical (unpaired) electrons. The summed E-state index contributed by atoms with van der Waals surface area (Å²) in [5, 5.41) is 11.9. The van der Waals surface area contributed by atoms with Gasteiger partial charge in [0.25, 0.3) is 11.8 Å². The first-order valence-corrected chi connectivity index (χ1v) is 10.0. The molecule has 1 aliphatic heterocycles. The van der Waals surface area contributed by atoms with E-state index in [2.05, 4.69) is 11.4 Å². The van der Waals surface area contributed by atoms with Crippen LogP contribution in [-0.2, 0) is 11.2 Å². The first-order chi connectivity index (χ1) is 14.6. The highest BCUT2D eigenvalue weighted by molar-refractivity contribution is 6.21. The highest BCUT2D eigenvalue weighted by Crippen LogP contribution is 2.23. The molecule has 160 valence electrons. The number of amides is 3. The normalized spacial score (nSPS) is 14.1. The van der Waals surface area contributed by atoms with Crippen molar-refractivity contribution < 1.29 is 19.1 Å². The molecule has 0 spiro atoms. The van der Waals surface area contributed by atoms with E-state index in [0.717, 1.165) is 16.0 Å². The van der Waals surface area contributed by atoms with Gasteiger partial charge in [-0.3, -0.25) is 14.5 Å². The number of nitrogens with one attached hydrogen (secondary N) is 1. The average Bonchev–Trinajstić information content (AvgIpc) is 2.92. The van der Waals surface area contributed by atoms with Crippen molar-refractivity contribution in [3.8, 4) is 6.07 Å². The van der Waals surface area contributed by atoms with Gasteiger partial charge in [-0.25, -0.2) is 4.79 Å². The second kappa shape index (κ2) is 8.60. The maximum atomic E-state index is 12.8. The third kappa shape index (κ3) is 5.10. The molecule has 0 bridgehead atoms. The number of benzene rings is 2. The van der Waals surface area contributed by atoms with Gasteiger partial charge in [-0.05, 0) is 63.4 Å². The van der Waals surface area contributed by atoms with Crippen LogP contribution in [0.4, 0.5) is 4.79 Å². The summed E-state index contributed by atoms with van der Waals surface area (Å²) in [6, 6.07) is 13.6. The Morgan fingerprint density at radius 3 is 2.26 bits per heavy atom. The fourth-order valence-electron chi connectivity index (χ4n) is 3.52. The number of ether oxygens (including phenoxy) is 1. The zero-order chi connectivity index (χ0) is 22.8. The molecule has 7 heteroatoms. The molecule has 7 nitrogen and oxygen atoms in total. The molecule has 1 aliphatic rings. The number of imide groups is 1. The molecule has 1 heterocycles. The number of fused-ring (bicyclic) bond motifs is 1. The Kier molecular flexibility index (Phi) is 6.11. The highest BCUT2D eigenvalue weighted by atomic mass is 16.6. The number of hydrogen-bond donors (Lipinski definition) is 1. The minimum absolute atomic E-state index is 0.00460. The van der Waals surface area contributed by atoms with Crippen LogP contribution in [0, 0.1) is 18.3 Å². The summed E-state index contributed by atoms with van der Waals surface area (Å²) >= 11 is 0. The largest absolute Gasteiger partial charge is 0.444 e. The number of alkyl carbamates (subject to hydrolysis) is 1. The van der Waals surface area contributed by atoms with Crippen LogP contribution in [0.2, 0.25) is 0 Å². The van der Waals surface area contributed by atoms with E-state index in [-0.39, 0.29) is 18.4 Å². The summed E-state index contributed by atoms with van der Waals surface area (Å²) in [5.41, 5.74) is 2.29. The second-order valence-corrected chi connectivity index (χ2v) is 8.57. The lowest BCUT2D eigenvalue weighted by molar-refractivity contribution is 0.0468. The Morgan fingerprint density at radius 2 is 1.74 bits per heavy atom. The monoisotopic (exact) mass is 419 g/mol. The summed E-state index contributed by atoms with van der Waals surface area (Å²) < 4.78 is 5.36. The standard InChI is InChI=1S/C24H25N3O4/c1-15-11-16(9-10-17(15)13-25)12-18(26-23(30)31-24(2,3)4)14-27-21(28)19-7-5-6-8-20(19)22(27)29/h5-11,18H,12,14H2,1-4H3,(H,26,30)/t18-/m1/s1. The molecule has 3 rings (SSSR count). The van der Waals surface area contributed by atoms with Crippen LogP contribution in [0.15, 0.2) is 42.5 Å². The molecule has 3 amide bonds. The van der Waals surface area contributed by atoms with Crippen molar-refractivity contribution in [2.24, 2.45) is 0 Å². The number of nitrogens with zero attached hydrogens (tertiary/aromatic N) is 2. The number of hydrogen-bond acceptors (Lipinski definition) is 5. The number of nitriles is 1. The molecule has 0 saturated carbocycles. The molecule has 0 fully saturated rings. The Labute approximate surface area is 181 Å². The fraction of sp³-hybridized carbons (Fsp3) is 0.333. The summed E-state index contributed by atoms with van der Waals surface area (Å²) in [5.74, 6) is -0.764. The van der Waals surface area contributed by atoms with E-state index < -0.39 is 17.7 Å². The Hall–Kier alpha value is -3.66. The molecule has 0 aromatic heterocycles. The fourth-order valence-corrected chi connectivity index (χ4v) is 3.52. The Morgan fingerprint density at radius 1 is 1.13 bits per heavy atom. The zero-order valence-electron chi connectivity index (χ0n) is 18.1. The van der Waals surface area contributed by atoms with Crippen LogP contribution in [0.3, 0.4) is 0 Å². The first kappa shape index (κ1) is 22.0. The second-order valence-electron chi connectivity index (χ2n) is 8.57. The summed E-state index contributed by atoms with van der Waals surface area (Å²) in [4.78, 5) is 39.1. The first-order valence-electron chi connectivity index (χ1n) is 10.0. The third-order valence-corrected chi connectivity index (χ3v) is 4.90. The topological polar surface area (TPSA) is 99.5 Å². The van der Waals surface area contributed by atoms with Crippen LogP contribution < -0.4 is 5.32 Å². The summed E-state index contributed by atoms with van der Waals surface area (Å²) in [6.07, 6.45) is -0.265. The van der Waals surface area contributed by atoms with E-state index in [4.69, 9.17) is 10.00 Å². The molecule has 2 aromatic rings. The van der Waals surface area contributed by atoms with Gasteiger partial charge >= 0.3 is 6.09 Å². The molecule has 2 aromatic carbocycles. The predicted molar refractivity (Wildman–Crippen MR) is 115 cm³/mol. The number of carbonyl (C=O) groups is 3. The van der Waals surface area contributed by atoms with E-state index >= 15 is 0 Å². The van der Waals surface area contributed by atoms with Crippen LogP contribution in [0.25, 0.3) is 0 Å². The van der Waals surface area contributed by atoms with Crippen LogP contribution in [0.5, 0.6) is 0 Å². The quantitative estimate of drug-likeness (QED) is 0.747. The van der Waals surface area contributed by atoms with E-state index in [9.17, 15) is 14.4 Å².